The summed E-state index contributed by atoms with van der Waals surface area (Å²) in [5.74, 6) is 1.60. The zero-order valence-electron chi connectivity index (χ0n) is 7.26. The first kappa shape index (κ1) is 8.84. The summed E-state index contributed by atoms with van der Waals surface area (Å²) in [6.45, 7) is 2.80. The zero-order chi connectivity index (χ0) is 9.42. The molecule has 0 aliphatic carbocycles. The van der Waals surface area contributed by atoms with Gasteiger partial charge >= 0.3 is 0 Å². The van der Waals surface area contributed by atoms with E-state index in [0.29, 0.717) is 13.3 Å². The van der Waals surface area contributed by atoms with Gasteiger partial charge in [-0.05, 0) is 40.0 Å². The Bertz CT molecular complexity index is 352. The van der Waals surface area contributed by atoms with Crippen LogP contribution >= 0.6 is 15.9 Å². The highest BCUT2D eigenvalue weighted by molar-refractivity contribution is 9.10. The standard InChI is InChI=1S/C9H10BrNO2/c1-5-6(3-11)2-7(10)9-8(5)12-4-13-9/h2H,3-4,11H2,1H3. The topological polar surface area (TPSA) is 44.5 Å². The van der Waals surface area contributed by atoms with Crippen LogP contribution in [0.15, 0.2) is 10.5 Å². The van der Waals surface area contributed by atoms with E-state index in [-0.39, 0.29) is 0 Å². The maximum atomic E-state index is 5.60. The third-order valence-corrected chi connectivity index (χ3v) is 2.76. The monoisotopic (exact) mass is 243 g/mol. The van der Waals surface area contributed by atoms with Gasteiger partial charge in [-0.1, -0.05) is 0 Å². The highest BCUT2D eigenvalue weighted by Gasteiger charge is 2.21. The molecule has 3 nitrogen and oxygen atoms in total. The minimum absolute atomic E-state index is 0.294. The summed E-state index contributed by atoms with van der Waals surface area (Å²) < 4.78 is 11.6. The molecular formula is C9H10BrNO2. The predicted octanol–water partition coefficient (Wildman–Crippen LogP) is 1.94. The molecule has 1 aromatic carbocycles. The van der Waals surface area contributed by atoms with Crippen LogP contribution in [0.5, 0.6) is 11.5 Å². The smallest absolute Gasteiger partial charge is 0.231 e. The fourth-order valence-corrected chi connectivity index (χ4v) is 1.99. The van der Waals surface area contributed by atoms with Gasteiger partial charge in [0.25, 0.3) is 0 Å². The van der Waals surface area contributed by atoms with Crippen molar-refractivity contribution < 1.29 is 9.47 Å². The maximum absolute atomic E-state index is 5.60. The van der Waals surface area contributed by atoms with Crippen molar-refractivity contribution in [1.82, 2.24) is 0 Å². The van der Waals surface area contributed by atoms with Gasteiger partial charge in [0.05, 0.1) is 4.47 Å². The fourth-order valence-electron chi connectivity index (χ4n) is 1.42. The number of nitrogens with two attached hydrogens (primary N) is 1. The number of hydrogen-bond acceptors (Lipinski definition) is 3. The van der Waals surface area contributed by atoms with Crippen LogP contribution in [0.4, 0.5) is 0 Å². The summed E-state index contributed by atoms with van der Waals surface area (Å²) in [7, 11) is 0. The molecule has 0 aromatic heterocycles. The lowest BCUT2D eigenvalue weighted by atomic mass is 10.1. The molecule has 0 amide bonds. The van der Waals surface area contributed by atoms with Crippen molar-refractivity contribution >= 4 is 15.9 Å². The Morgan fingerprint density at radius 1 is 1.46 bits per heavy atom. The largest absolute Gasteiger partial charge is 0.453 e. The average molecular weight is 244 g/mol. The van der Waals surface area contributed by atoms with Crippen molar-refractivity contribution in [3.8, 4) is 11.5 Å². The van der Waals surface area contributed by atoms with Crippen LogP contribution in [0, 0.1) is 6.92 Å². The lowest BCUT2D eigenvalue weighted by molar-refractivity contribution is 0.173. The Morgan fingerprint density at radius 3 is 2.85 bits per heavy atom. The van der Waals surface area contributed by atoms with E-state index in [4.69, 9.17) is 15.2 Å². The van der Waals surface area contributed by atoms with Crippen LogP contribution in [-0.4, -0.2) is 6.79 Å². The molecule has 2 N–H and O–H groups in total. The molecule has 1 heterocycles. The Balaban J connectivity index is 2.62. The molecule has 0 bridgehead atoms. The fraction of sp³-hybridized carbons (Fsp3) is 0.333. The van der Waals surface area contributed by atoms with Crippen molar-refractivity contribution in [3.63, 3.8) is 0 Å². The van der Waals surface area contributed by atoms with Crippen molar-refractivity contribution in [2.45, 2.75) is 13.5 Å². The van der Waals surface area contributed by atoms with Crippen LogP contribution < -0.4 is 15.2 Å². The Hall–Kier alpha value is -0.740. The Morgan fingerprint density at radius 2 is 2.15 bits per heavy atom. The molecule has 2 rings (SSSR count). The Kier molecular flexibility index (Phi) is 2.17. The van der Waals surface area contributed by atoms with Crippen molar-refractivity contribution in [1.29, 1.82) is 0 Å². The number of hydrogen-bond donors (Lipinski definition) is 1. The van der Waals surface area contributed by atoms with Gasteiger partial charge in [-0.15, -0.1) is 0 Å². The second-order valence-electron chi connectivity index (χ2n) is 2.91. The van der Waals surface area contributed by atoms with Gasteiger partial charge in [0.2, 0.25) is 6.79 Å². The van der Waals surface area contributed by atoms with Crippen molar-refractivity contribution in [2.75, 3.05) is 6.79 Å². The van der Waals surface area contributed by atoms with Gasteiger partial charge in [0, 0.05) is 6.54 Å². The summed E-state index contributed by atoms with van der Waals surface area (Å²) in [5.41, 5.74) is 7.74. The molecular weight excluding hydrogens is 234 g/mol. The molecule has 1 aliphatic heterocycles. The molecule has 0 radical (unpaired) electrons. The van der Waals surface area contributed by atoms with E-state index in [1.807, 2.05) is 13.0 Å². The molecule has 0 atom stereocenters. The predicted molar refractivity (Wildman–Crippen MR) is 52.9 cm³/mol. The average Bonchev–Trinajstić information content (AvgIpc) is 2.60. The van der Waals surface area contributed by atoms with E-state index in [1.54, 1.807) is 0 Å². The first-order valence-electron chi connectivity index (χ1n) is 4.01. The summed E-state index contributed by atoms with van der Waals surface area (Å²) in [5, 5.41) is 0. The quantitative estimate of drug-likeness (QED) is 0.821. The van der Waals surface area contributed by atoms with Gasteiger partial charge in [-0.2, -0.15) is 0 Å². The summed E-state index contributed by atoms with van der Waals surface area (Å²) in [6.07, 6.45) is 0. The van der Waals surface area contributed by atoms with E-state index in [2.05, 4.69) is 15.9 Å². The lowest BCUT2D eigenvalue weighted by Crippen LogP contribution is -2.00. The first-order chi connectivity index (χ1) is 6.24. The third kappa shape index (κ3) is 1.30. The van der Waals surface area contributed by atoms with Crippen LogP contribution in [0.25, 0.3) is 0 Å². The van der Waals surface area contributed by atoms with Crippen molar-refractivity contribution in [2.24, 2.45) is 5.73 Å². The molecule has 0 saturated heterocycles. The maximum Gasteiger partial charge on any atom is 0.231 e. The molecule has 0 unspecified atom stereocenters. The minimum Gasteiger partial charge on any atom is -0.453 e. The molecule has 4 heteroatoms. The molecule has 13 heavy (non-hydrogen) atoms. The van der Waals surface area contributed by atoms with Gasteiger partial charge in [0.1, 0.15) is 0 Å². The van der Waals surface area contributed by atoms with E-state index in [0.717, 1.165) is 27.1 Å². The molecule has 1 aromatic rings. The van der Waals surface area contributed by atoms with Gasteiger partial charge < -0.3 is 15.2 Å². The highest BCUT2D eigenvalue weighted by Crippen LogP contribution is 2.42. The normalized spacial score (nSPS) is 13.5. The zero-order valence-corrected chi connectivity index (χ0v) is 8.85. The summed E-state index contributed by atoms with van der Waals surface area (Å²) in [4.78, 5) is 0. The lowest BCUT2D eigenvalue weighted by Gasteiger charge is -2.07. The highest BCUT2D eigenvalue weighted by atomic mass is 79.9. The summed E-state index contributed by atoms with van der Waals surface area (Å²) >= 11 is 3.41. The molecule has 0 saturated carbocycles. The van der Waals surface area contributed by atoms with Crippen LogP contribution in [-0.2, 0) is 6.54 Å². The van der Waals surface area contributed by atoms with Gasteiger partial charge in [-0.3, -0.25) is 0 Å². The number of ether oxygens (including phenoxy) is 2. The number of benzene rings is 1. The number of rotatable bonds is 1. The van der Waals surface area contributed by atoms with E-state index >= 15 is 0 Å². The second-order valence-corrected chi connectivity index (χ2v) is 3.77. The van der Waals surface area contributed by atoms with Gasteiger partial charge in [0.15, 0.2) is 11.5 Å². The van der Waals surface area contributed by atoms with E-state index in [1.165, 1.54) is 0 Å². The number of halogens is 1. The molecule has 1 aliphatic rings. The first-order valence-corrected chi connectivity index (χ1v) is 4.81. The van der Waals surface area contributed by atoms with Crippen LogP contribution in [0.3, 0.4) is 0 Å². The number of fused-ring (bicyclic) bond motifs is 1. The summed E-state index contributed by atoms with van der Waals surface area (Å²) in [6, 6.07) is 1.98. The molecule has 0 spiro atoms. The van der Waals surface area contributed by atoms with Gasteiger partial charge in [-0.25, -0.2) is 0 Å². The van der Waals surface area contributed by atoms with Crippen LogP contribution in [0.2, 0.25) is 0 Å². The Labute approximate surface area is 85.0 Å². The SMILES string of the molecule is Cc1c(CN)cc(Br)c2c1OCO2. The van der Waals surface area contributed by atoms with E-state index in [9.17, 15) is 0 Å². The molecule has 70 valence electrons. The third-order valence-electron chi connectivity index (χ3n) is 2.17. The molecule has 0 fully saturated rings. The second kappa shape index (κ2) is 3.20. The minimum atomic E-state index is 0.294. The van der Waals surface area contributed by atoms with Crippen molar-refractivity contribution in [3.05, 3.63) is 21.7 Å². The van der Waals surface area contributed by atoms with Crippen LogP contribution in [0.1, 0.15) is 11.1 Å². The van der Waals surface area contributed by atoms with E-state index < -0.39 is 0 Å².